The molecule has 1 fully saturated rings. The molecule has 0 aliphatic carbocycles. The van der Waals surface area contributed by atoms with E-state index in [0.717, 1.165) is 37.9 Å². The van der Waals surface area contributed by atoms with Crippen molar-refractivity contribution >= 4 is 17.3 Å². The molecule has 0 spiro atoms. The number of para-hydroxylation sites is 1. The second-order valence-corrected chi connectivity index (χ2v) is 5.90. The Kier molecular flexibility index (Phi) is 4.92. The molecule has 0 atom stereocenters. The lowest BCUT2D eigenvalue weighted by atomic mass is 10.2. The van der Waals surface area contributed by atoms with E-state index in [1.165, 1.54) is 12.1 Å². The molecule has 0 saturated carbocycles. The number of rotatable bonds is 3. The molecule has 1 aliphatic rings. The third-order valence-corrected chi connectivity index (χ3v) is 4.21. The summed E-state index contributed by atoms with van der Waals surface area (Å²) in [7, 11) is 0. The second kappa shape index (κ2) is 7.13. The summed E-state index contributed by atoms with van der Waals surface area (Å²) in [6, 6.07) is 12.8. The maximum absolute atomic E-state index is 12.5. The average molecular weight is 349 g/mol. The molecule has 2 heterocycles. The molecule has 1 aromatic carbocycles. The van der Waals surface area contributed by atoms with Gasteiger partial charge in [0.2, 0.25) is 0 Å². The molecule has 7 heteroatoms. The summed E-state index contributed by atoms with van der Waals surface area (Å²) < 4.78 is 37.4. The molecule has 25 heavy (non-hydrogen) atoms. The summed E-state index contributed by atoms with van der Waals surface area (Å²) in [5.74, 6) is -1.27. The van der Waals surface area contributed by atoms with Gasteiger partial charge in [-0.25, -0.2) is 4.98 Å². The Hall–Kier alpha value is -2.57. The van der Waals surface area contributed by atoms with Crippen LogP contribution in [0.4, 0.5) is 24.7 Å². The fourth-order valence-corrected chi connectivity index (χ4v) is 2.91. The van der Waals surface area contributed by atoms with E-state index in [4.69, 9.17) is 0 Å². The van der Waals surface area contributed by atoms with Crippen LogP contribution >= 0.6 is 0 Å². The van der Waals surface area contributed by atoms with Crippen LogP contribution in [0.2, 0.25) is 0 Å². The Labute approximate surface area is 143 Å². The smallest absolute Gasteiger partial charge is 0.370 e. The summed E-state index contributed by atoms with van der Waals surface area (Å²) >= 11 is 0. The van der Waals surface area contributed by atoms with Gasteiger partial charge in [-0.15, -0.1) is 0 Å². The topological polar surface area (TPSA) is 36.4 Å². The van der Waals surface area contributed by atoms with Gasteiger partial charge in [0.25, 0.3) is 5.78 Å². The molecule has 2 aromatic rings. The van der Waals surface area contributed by atoms with Crippen molar-refractivity contribution in [2.24, 2.45) is 0 Å². The Morgan fingerprint density at radius 2 is 1.60 bits per heavy atom. The number of halogens is 3. The van der Waals surface area contributed by atoms with Gasteiger partial charge in [0, 0.05) is 43.6 Å². The molecule has 4 nitrogen and oxygen atoms in total. The summed E-state index contributed by atoms with van der Waals surface area (Å²) in [4.78, 5) is 19.6. The number of carbonyl (C=O) groups excluding carboxylic acids is 1. The van der Waals surface area contributed by atoms with E-state index in [1.54, 1.807) is 0 Å². The monoisotopic (exact) mass is 349 g/mol. The van der Waals surface area contributed by atoms with Crippen molar-refractivity contribution in [1.82, 2.24) is 4.98 Å². The molecule has 0 radical (unpaired) electrons. The molecule has 0 unspecified atom stereocenters. The molecule has 0 N–H and O–H groups in total. The third-order valence-electron chi connectivity index (χ3n) is 4.21. The fourth-order valence-electron chi connectivity index (χ4n) is 2.91. The van der Waals surface area contributed by atoms with Crippen molar-refractivity contribution < 1.29 is 18.0 Å². The molecular formula is C18H18F3N3O. The highest BCUT2D eigenvalue weighted by molar-refractivity contribution is 6.00. The minimum atomic E-state index is -4.87. The number of ketones is 1. The Morgan fingerprint density at radius 3 is 2.24 bits per heavy atom. The minimum absolute atomic E-state index is 0.433. The van der Waals surface area contributed by atoms with E-state index in [-0.39, 0.29) is 0 Å². The standard InChI is InChI=1S/C18H18F3N3O/c19-18(20,21)17(25)14-7-8-16(22-13-14)24-10-4-9-23(11-12-24)15-5-2-1-3-6-15/h1-3,5-8,13H,4,9-12H2. The summed E-state index contributed by atoms with van der Waals surface area (Å²) in [5, 5.41) is 0. The summed E-state index contributed by atoms with van der Waals surface area (Å²) in [6.45, 7) is 3.19. The highest BCUT2D eigenvalue weighted by atomic mass is 19.4. The van der Waals surface area contributed by atoms with E-state index in [1.807, 2.05) is 23.1 Å². The predicted molar refractivity (Wildman–Crippen MR) is 90.1 cm³/mol. The van der Waals surface area contributed by atoms with Crippen LogP contribution < -0.4 is 9.80 Å². The number of hydrogen-bond acceptors (Lipinski definition) is 4. The number of carbonyl (C=O) groups is 1. The van der Waals surface area contributed by atoms with Crippen LogP contribution in [0, 0.1) is 0 Å². The van der Waals surface area contributed by atoms with Gasteiger partial charge in [-0.3, -0.25) is 4.79 Å². The van der Waals surface area contributed by atoms with Gasteiger partial charge >= 0.3 is 6.18 Å². The Balaban J connectivity index is 1.68. The zero-order valence-corrected chi connectivity index (χ0v) is 13.5. The number of hydrogen-bond donors (Lipinski definition) is 0. The molecule has 1 aliphatic heterocycles. The first-order chi connectivity index (χ1) is 11.9. The quantitative estimate of drug-likeness (QED) is 0.794. The van der Waals surface area contributed by atoms with E-state index >= 15 is 0 Å². The van der Waals surface area contributed by atoms with Crippen LogP contribution in [-0.4, -0.2) is 43.1 Å². The fraction of sp³-hybridized carbons (Fsp3) is 0.333. The van der Waals surface area contributed by atoms with Gasteiger partial charge < -0.3 is 9.80 Å². The van der Waals surface area contributed by atoms with Gasteiger partial charge in [0.1, 0.15) is 5.82 Å². The van der Waals surface area contributed by atoms with Gasteiger partial charge in [-0.2, -0.15) is 13.2 Å². The molecule has 1 aromatic heterocycles. The van der Waals surface area contributed by atoms with Crippen LogP contribution in [0.3, 0.4) is 0 Å². The number of Topliss-reactive ketones (excluding diaryl/α,β-unsaturated/α-hetero) is 1. The van der Waals surface area contributed by atoms with Crippen molar-refractivity contribution in [3.8, 4) is 0 Å². The number of anilines is 2. The van der Waals surface area contributed by atoms with Crippen molar-refractivity contribution in [3.63, 3.8) is 0 Å². The van der Waals surface area contributed by atoms with E-state index in [2.05, 4.69) is 22.0 Å². The number of benzene rings is 1. The highest BCUT2D eigenvalue weighted by Crippen LogP contribution is 2.23. The van der Waals surface area contributed by atoms with Crippen LogP contribution in [0.25, 0.3) is 0 Å². The molecular weight excluding hydrogens is 331 g/mol. The van der Waals surface area contributed by atoms with Crippen molar-refractivity contribution in [2.45, 2.75) is 12.6 Å². The zero-order chi connectivity index (χ0) is 17.9. The van der Waals surface area contributed by atoms with E-state index in [9.17, 15) is 18.0 Å². The molecule has 0 bridgehead atoms. The lowest BCUT2D eigenvalue weighted by Gasteiger charge is -2.24. The maximum Gasteiger partial charge on any atom is 0.454 e. The first kappa shape index (κ1) is 17.3. The van der Waals surface area contributed by atoms with Gasteiger partial charge in [-0.1, -0.05) is 18.2 Å². The van der Waals surface area contributed by atoms with E-state index in [0.29, 0.717) is 12.4 Å². The van der Waals surface area contributed by atoms with Gasteiger partial charge in [0.05, 0.1) is 0 Å². The highest BCUT2D eigenvalue weighted by Gasteiger charge is 2.39. The number of aromatic nitrogens is 1. The zero-order valence-electron chi connectivity index (χ0n) is 13.5. The summed E-state index contributed by atoms with van der Waals surface area (Å²) in [5.41, 5.74) is 0.723. The predicted octanol–water partition coefficient (Wildman–Crippen LogP) is 3.54. The molecule has 0 amide bonds. The SMILES string of the molecule is O=C(c1ccc(N2CCCN(c3ccccc3)CC2)nc1)C(F)(F)F. The van der Waals surface area contributed by atoms with Gasteiger partial charge in [-0.05, 0) is 30.7 Å². The Morgan fingerprint density at radius 1 is 0.920 bits per heavy atom. The third kappa shape index (κ3) is 4.10. The lowest BCUT2D eigenvalue weighted by Crippen LogP contribution is -2.31. The maximum atomic E-state index is 12.5. The average Bonchev–Trinajstić information content (AvgIpc) is 2.87. The number of pyridine rings is 1. The Bertz CT molecular complexity index is 717. The normalized spacial score (nSPS) is 15.8. The van der Waals surface area contributed by atoms with Crippen molar-refractivity contribution in [2.75, 3.05) is 36.0 Å². The molecule has 1 saturated heterocycles. The van der Waals surface area contributed by atoms with Gasteiger partial charge in [0.15, 0.2) is 0 Å². The van der Waals surface area contributed by atoms with Crippen molar-refractivity contribution in [1.29, 1.82) is 0 Å². The molecule has 132 valence electrons. The van der Waals surface area contributed by atoms with E-state index < -0.39 is 17.5 Å². The van der Waals surface area contributed by atoms with Crippen LogP contribution in [0.1, 0.15) is 16.8 Å². The van der Waals surface area contributed by atoms with Crippen molar-refractivity contribution in [3.05, 3.63) is 54.2 Å². The summed E-state index contributed by atoms with van der Waals surface area (Å²) in [6.07, 6.45) is -2.95. The van der Waals surface area contributed by atoms with Crippen LogP contribution in [0.15, 0.2) is 48.7 Å². The second-order valence-electron chi connectivity index (χ2n) is 5.90. The van der Waals surface area contributed by atoms with Crippen LogP contribution in [0.5, 0.6) is 0 Å². The lowest BCUT2D eigenvalue weighted by molar-refractivity contribution is -0.0885. The number of alkyl halides is 3. The first-order valence-corrected chi connectivity index (χ1v) is 8.08. The first-order valence-electron chi connectivity index (χ1n) is 8.08. The molecule has 3 rings (SSSR count). The largest absolute Gasteiger partial charge is 0.454 e. The number of nitrogens with zero attached hydrogens (tertiary/aromatic N) is 3. The minimum Gasteiger partial charge on any atom is -0.370 e. The van der Waals surface area contributed by atoms with Crippen LogP contribution in [-0.2, 0) is 0 Å².